The van der Waals surface area contributed by atoms with Crippen molar-refractivity contribution in [3.8, 4) is 5.69 Å². The number of aromatic nitrogens is 3. The molecule has 146 valence electrons. The molecule has 0 aliphatic carbocycles. The summed E-state index contributed by atoms with van der Waals surface area (Å²) >= 11 is 1.41. The summed E-state index contributed by atoms with van der Waals surface area (Å²) in [6.07, 6.45) is 0.680. The molecule has 0 saturated heterocycles. The molecular weight excluding hydrogens is 368 g/mol. The Morgan fingerprint density at radius 1 is 1.00 bits per heavy atom. The number of rotatable bonds is 8. The monoisotopic (exact) mass is 394 g/mol. The molecule has 0 fully saturated rings. The summed E-state index contributed by atoms with van der Waals surface area (Å²) in [5.41, 5.74) is 2.17. The maximum Gasteiger partial charge on any atom is 0.230 e. The number of carbonyl (C=O) groups is 1. The van der Waals surface area contributed by atoms with E-state index in [2.05, 4.69) is 41.5 Å². The lowest BCUT2D eigenvalue weighted by Gasteiger charge is -2.17. The highest BCUT2D eigenvalue weighted by molar-refractivity contribution is 7.99. The smallest absolute Gasteiger partial charge is 0.230 e. The fourth-order valence-corrected chi connectivity index (χ4v) is 3.50. The van der Waals surface area contributed by atoms with Gasteiger partial charge in [0.1, 0.15) is 5.82 Å². The van der Waals surface area contributed by atoms with Crippen LogP contribution in [0.1, 0.15) is 32.2 Å². The third kappa shape index (κ3) is 5.23. The summed E-state index contributed by atoms with van der Waals surface area (Å²) in [6.45, 7) is 6.22. The van der Waals surface area contributed by atoms with Crippen LogP contribution in [0.5, 0.6) is 0 Å². The van der Waals surface area contributed by atoms with Crippen molar-refractivity contribution in [2.75, 3.05) is 5.75 Å². The molecule has 1 unspecified atom stereocenters. The van der Waals surface area contributed by atoms with Crippen LogP contribution in [-0.2, 0) is 11.2 Å². The highest BCUT2D eigenvalue weighted by atomic mass is 32.2. The van der Waals surface area contributed by atoms with Crippen LogP contribution >= 0.6 is 11.8 Å². The van der Waals surface area contributed by atoms with Crippen molar-refractivity contribution in [2.45, 2.75) is 38.4 Å². The second kappa shape index (κ2) is 9.55. The highest BCUT2D eigenvalue weighted by Gasteiger charge is 2.17. The first-order valence-corrected chi connectivity index (χ1v) is 10.5. The van der Waals surface area contributed by atoms with E-state index in [1.807, 2.05) is 60.0 Å². The zero-order chi connectivity index (χ0) is 19.9. The Labute approximate surface area is 170 Å². The lowest BCUT2D eigenvalue weighted by atomic mass is 10.1. The van der Waals surface area contributed by atoms with Crippen molar-refractivity contribution in [1.82, 2.24) is 20.1 Å². The number of carbonyl (C=O) groups excluding carboxylic acids is 1. The minimum absolute atomic E-state index is 0.0124. The van der Waals surface area contributed by atoms with Crippen LogP contribution in [0.15, 0.2) is 65.8 Å². The van der Waals surface area contributed by atoms with Gasteiger partial charge in [0.25, 0.3) is 0 Å². The van der Waals surface area contributed by atoms with Crippen LogP contribution in [-0.4, -0.2) is 32.5 Å². The first-order valence-electron chi connectivity index (χ1n) is 9.50. The molecule has 3 rings (SSSR count). The fourth-order valence-electron chi connectivity index (χ4n) is 2.72. The Kier molecular flexibility index (Phi) is 6.87. The SMILES string of the molecule is CC(C)C(C)NC(=O)CSc1nnc(Cc2ccccc2)n1-c1ccccc1. The van der Waals surface area contributed by atoms with Crippen LogP contribution in [0.2, 0.25) is 0 Å². The van der Waals surface area contributed by atoms with E-state index >= 15 is 0 Å². The molecule has 1 atom stereocenters. The largest absolute Gasteiger partial charge is 0.353 e. The van der Waals surface area contributed by atoms with Gasteiger partial charge in [0, 0.05) is 18.2 Å². The van der Waals surface area contributed by atoms with E-state index in [9.17, 15) is 4.79 Å². The molecule has 1 amide bonds. The molecule has 1 aromatic heterocycles. The van der Waals surface area contributed by atoms with Gasteiger partial charge in [-0.15, -0.1) is 10.2 Å². The van der Waals surface area contributed by atoms with Gasteiger partial charge in [-0.05, 0) is 30.5 Å². The normalized spacial score (nSPS) is 12.1. The Balaban J connectivity index is 1.80. The molecule has 0 bridgehead atoms. The number of thioether (sulfide) groups is 1. The average molecular weight is 395 g/mol. The lowest BCUT2D eigenvalue weighted by Crippen LogP contribution is -2.37. The van der Waals surface area contributed by atoms with Crippen molar-refractivity contribution >= 4 is 17.7 Å². The Hall–Kier alpha value is -2.60. The third-order valence-electron chi connectivity index (χ3n) is 4.64. The zero-order valence-electron chi connectivity index (χ0n) is 16.5. The molecule has 0 saturated carbocycles. The van der Waals surface area contributed by atoms with E-state index in [0.29, 0.717) is 18.1 Å². The summed E-state index contributed by atoms with van der Waals surface area (Å²) in [6, 6.07) is 20.4. The van der Waals surface area contributed by atoms with Crippen LogP contribution in [0.4, 0.5) is 0 Å². The number of hydrogen-bond donors (Lipinski definition) is 1. The number of nitrogens with zero attached hydrogens (tertiary/aromatic N) is 3. The molecule has 2 aromatic carbocycles. The maximum absolute atomic E-state index is 12.3. The molecule has 5 nitrogen and oxygen atoms in total. The fraction of sp³-hybridized carbons (Fsp3) is 0.318. The predicted molar refractivity (Wildman–Crippen MR) is 114 cm³/mol. The van der Waals surface area contributed by atoms with E-state index in [-0.39, 0.29) is 11.9 Å². The van der Waals surface area contributed by atoms with E-state index < -0.39 is 0 Å². The van der Waals surface area contributed by atoms with E-state index in [1.54, 1.807) is 0 Å². The number of para-hydroxylation sites is 1. The van der Waals surface area contributed by atoms with Crippen LogP contribution in [0.3, 0.4) is 0 Å². The van der Waals surface area contributed by atoms with Crippen LogP contribution in [0.25, 0.3) is 5.69 Å². The van der Waals surface area contributed by atoms with Gasteiger partial charge < -0.3 is 5.32 Å². The average Bonchev–Trinajstić information content (AvgIpc) is 3.10. The van der Waals surface area contributed by atoms with E-state index in [0.717, 1.165) is 16.7 Å². The third-order valence-corrected chi connectivity index (χ3v) is 5.57. The second-order valence-corrected chi connectivity index (χ2v) is 8.06. The molecule has 28 heavy (non-hydrogen) atoms. The van der Waals surface area contributed by atoms with Gasteiger partial charge in [-0.1, -0.05) is 74.1 Å². The molecule has 0 spiro atoms. The minimum Gasteiger partial charge on any atom is -0.353 e. The summed E-state index contributed by atoms with van der Waals surface area (Å²) < 4.78 is 2.04. The number of nitrogens with one attached hydrogen (secondary N) is 1. The lowest BCUT2D eigenvalue weighted by molar-refractivity contribution is -0.119. The zero-order valence-corrected chi connectivity index (χ0v) is 17.3. The molecule has 1 heterocycles. The van der Waals surface area contributed by atoms with E-state index in [1.165, 1.54) is 17.3 Å². The Morgan fingerprint density at radius 2 is 1.64 bits per heavy atom. The van der Waals surface area contributed by atoms with Crippen molar-refractivity contribution in [1.29, 1.82) is 0 Å². The predicted octanol–water partition coefficient (Wildman–Crippen LogP) is 4.11. The molecular formula is C22H26N4OS. The van der Waals surface area contributed by atoms with Crippen molar-refractivity contribution in [3.63, 3.8) is 0 Å². The number of benzene rings is 2. The quantitative estimate of drug-likeness (QED) is 0.584. The minimum atomic E-state index is 0.0124. The summed E-state index contributed by atoms with van der Waals surface area (Å²) in [5.74, 6) is 1.58. The standard InChI is InChI=1S/C22H26N4OS/c1-16(2)17(3)23-21(27)15-28-22-25-24-20(14-18-10-6-4-7-11-18)26(22)19-12-8-5-9-13-19/h4-13,16-17H,14-15H2,1-3H3,(H,23,27). The van der Waals surface area contributed by atoms with Gasteiger partial charge in [0.2, 0.25) is 5.91 Å². The molecule has 0 radical (unpaired) electrons. The molecule has 3 aromatic rings. The van der Waals surface area contributed by atoms with E-state index in [4.69, 9.17) is 0 Å². The molecule has 6 heteroatoms. The Bertz CT molecular complexity index is 893. The summed E-state index contributed by atoms with van der Waals surface area (Å²) in [7, 11) is 0. The van der Waals surface area contributed by atoms with Gasteiger partial charge >= 0.3 is 0 Å². The molecule has 0 aliphatic rings. The number of amides is 1. The second-order valence-electron chi connectivity index (χ2n) is 7.12. The Morgan fingerprint density at radius 3 is 2.29 bits per heavy atom. The topological polar surface area (TPSA) is 59.8 Å². The first kappa shape index (κ1) is 20.1. The van der Waals surface area contributed by atoms with Gasteiger partial charge in [0.05, 0.1) is 5.75 Å². The van der Waals surface area contributed by atoms with Crippen LogP contribution in [0, 0.1) is 5.92 Å². The molecule has 0 aliphatic heterocycles. The van der Waals surface area contributed by atoms with Crippen molar-refractivity contribution in [3.05, 3.63) is 72.1 Å². The summed E-state index contributed by atoms with van der Waals surface area (Å²) in [5, 5.41) is 12.6. The van der Waals surface area contributed by atoms with Gasteiger partial charge in [-0.25, -0.2) is 0 Å². The van der Waals surface area contributed by atoms with Crippen LogP contribution < -0.4 is 5.32 Å². The van der Waals surface area contributed by atoms with Crippen molar-refractivity contribution < 1.29 is 4.79 Å². The maximum atomic E-state index is 12.3. The van der Waals surface area contributed by atoms with Crippen molar-refractivity contribution in [2.24, 2.45) is 5.92 Å². The molecule has 1 N–H and O–H groups in total. The van der Waals surface area contributed by atoms with Gasteiger partial charge in [-0.3, -0.25) is 9.36 Å². The summed E-state index contributed by atoms with van der Waals surface area (Å²) in [4.78, 5) is 12.3. The highest BCUT2D eigenvalue weighted by Crippen LogP contribution is 2.23. The first-order chi connectivity index (χ1) is 13.5. The van der Waals surface area contributed by atoms with Gasteiger partial charge in [0.15, 0.2) is 5.16 Å². The van der Waals surface area contributed by atoms with Gasteiger partial charge in [-0.2, -0.15) is 0 Å². The number of hydrogen-bond acceptors (Lipinski definition) is 4.